The fraction of sp³-hybridized carbons (Fsp3) is 0.625. The van der Waals surface area contributed by atoms with Gasteiger partial charge in [-0.1, -0.05) is 0 Å². The predicted octanol–water partition coefficient (Wildman–Crippen LogP) is 0.918. The monoisotopic (exact) mass is 305 g/mol. The molecule has 0 radical (unpaired) electrons. The third-order valence-corrected chi connectivity index (χ3v) is 4.87. The molecular formula is C16H23N3O3. The molecule has 0 spiro atoms. The molecule has 3 heterocycles. The molecule has 1 aromatic heterocycles. The Hall–Kier alpha value is -1.82. The number of primary amides is 1. The molecule has 2 aliphatic heterocycles. The lowest BCUT2D eigenvalue weighted by atomic mass is 9.93. The van der Waals surface area contributed by atoms with Gasteiger partial charge in [0, 0.05) is 25.0 Å². The summed E-state index contributed by atoms with van der Waals surface area (Å²) in [5.74, 6) is 1.35. The number of hydrogen-bond donors (Lipinski definition) is 1. The van der Waals surface area contributed by atoms with E-state index < -0.39 is 0 Å². The van der Waals surface area contributed by atoms with Gasteiger partial charge in [-0.25, -0.2) is 0 Å². The third kappa shape index (κ3) is 2.75. The van der Waals surface area contributed by atoms with Crippen LogP contribution in [0.15, 0.2) is 10.5 Å². The third-order valence-electron chi connectivity index (χ3n) is 4.87. The van der Waals surface area contributed by atoms with E-state index in [0.29, 0.717) is 17.4 Å². The molecule has 6 nitrogen and oxygen atoms in total. The van der Waals surface area contributed by atoms with Gasteiger partial charge in [0.1, 0.15) is 11.5 Å². The van der Waals surface area contributed by atoms with Crippen molar-refractivity contribution in [3.8, 4) is 0 Å². The number of rotatable bonds is 3. The Balaban J connectivity index is 1.51. The Morgan fingerprint density at radius 3 is 2.36 bits per heavy atom. The summed E-state index contributed by atoms with van der Waals surface area (Å²) in [7, 11) is 0. The maximum absolute atomic E-state index is 12.4. The first-order valence-electron chi connectivity index (χ1n) is 7.85. The smallest absolute Gasteiger partial charge is 0.257 e. The van der Waals surface area contributed by atoms with E-state index >= 15 is 0 Å². The number of piperidine rings is 1. The van der Waals surface area contributed by atoms with E-state index in [0.717, 1.165) is 44.8 Å². The summed E-state index contributed by atoms with van der Waals surface area (Å²) >= 11 is 0. The molecule has 22 heavy (non-hydrogen) atoms. The van der Waals surface area contributed by atoms with E-state index in [-0.39, 0.29) is 17.7 Å². The highest BCUT2D eigenvalue weighted by Crippen LogP contribution is 2.25. The standard InChI is InChI=1S/C16H23N3O3/c1-10-7-14(11(2)22-10)16(21)19-8-13(9-19)18-5-3-12(4-6-18)15(17)20/h7,12-13H,3-6,8-9H2,1-2H3,(H2,17,20). The van der Waals surface area contributed by atoms with Gasteiger partial charge in [0.25, 0.3) is 5.91 Å². The molecule has 2 aliphatic rings. The molecule has 2 amide bonds. The average Bonchev–Trinajstić information content (AvgIpc) is 2.76. The van der Waals surface area contributed by atoms with E-state index in [9.17, 15) is 9.59 Å². The first-order valence-corrected chi connectivity index (χ1v) is 7.85. The van der Waals surface area contributed by atoms with E-state index in [1.54, 1.807) is 0 Å². The molecule has 0 bridgehead atoms. The van der Waals surface area contributed by atoms with Crippen LogP contribution in [0, 0.1) is 19.8 Å². The van der Waals surface area contributed by atoms with Crippen molar-refractivity contribution in [3.05, 3.63) is 23.2 Å². The summed E-state index contributed by atoms with van der Waals surface area (Å²) in [6, 6.07) is 2.22. The maximum atomic E-state index is 12.4. The van der Waals surface area contributed by atoms with Crippen LogP contribution in [0.2, 0.25) is 0 Å². The Kier molecular flexibility index (Phi) is 3.95. The highest BCUT2D eigenvalue weighted by molar-refractivity contribution is 5.95. The molecule has 3 rings (SSSR count). The number of nitrogens with zero attached hydrogens (tertiary/aromatic N) is 2. The highest BCUT2D eigenvalue weighted by atomic mass is 16.3. The van der Waals surface area contributed by atoms with Gasteiger partial charge in [-0.05, 0) is 45.8 Å². The molecule has 0 unspecified atom stereocenters. The number of furan rings is 1. The zero-order valence-electron chi connectivity index (χ0n) is 13.2. The second-order valence-corrected chi connectivity index (χ2v) is 6.40. The topological polar surface area (TPSA) is 79.8 Å². The van der Waals surface area contributed by atoms with E-state index in [1.165, 1.54) is 0 Å². The van der Waals surface area contributed by atoms with Crippen LogP contribution < -0.4 is 5.73 Å². The van der Waals surface area contributed by atoms with Crippen LogP contribution in [-0.4, -0.2) is 53.8 Å². The van der Waals surface area contributed by atoms with Crippen molar-refractivity contribution in [2.75, 3.05) is 26.2 Å². The maximum Gasteiger partial charge on any atom is 0.257 e. The van der Waals surface area contributed by atoms with Crippen LogP contribution >= 0.6 is 0 Å². The minimum absolute atomic E-state index is 0.0191. The van der Waals surface area contributed by atoms with Crippen LogP contribution in [0.5, 0.6) is 0 Å². The molecule has 2 fully saturated rings. The largest absolute Gasteiger partial charge is 0.466 e. The van der Waals surface area contributed by atoms with Gasteiger partial charge in [0.15, 0.2) is 0 Å². The fourth-order valence-electron chi connectivity index (χ4n) is 3.41. The molecule has 120 valence electrons. The number of likely N-dealkylation sites (tertiary alicyclic amines) is 2. The van der Waals surface area contributed by atoms with Crippen molar-refractivity contribution in [1.82, 2.24) is 9.80 Å². The summed E-state index contributed by atoms with van der Waals surface area (Å²) in [5, 5.41) is 0. The van der Waals surface area contributed by atoms with Crippen molar-refractivity contribution in [1.29, 1.82) is 0 Å². The number of amides is 2. The second-order valence-electron chi connectivity index (χ2n) is 6.40. The quantitative estimate of drug-likeness (QED) is 0.900. The summed E-state index contributed by atoms with van der Waals surface area (Å²) in [6.07, 6.45) is 1.67. The Morgan fingerprint density at radius 1 is 1.23 bits per heavy atom. The van der Waals surface area contributed by atoms with Crippen molar-refractivity contribution in [2.45, 2.75) is 32.7 Å². The summed E-state index contributed by atoms with van der Waals surface area (Å²) < 4.78 is 5.43. The Morgan fingerprint density at radius 2 is 1.86 bits per heavy atom. The number of carbonyl (C=O) groups excluding carboxylic acids is 2. The average molecular weight is 305 g/mol. The lowest BCUT2D eigenvalue weighted by Crippen LogP contribution is -2.62. The van der Waals surface area contributed by atoms with Crippen LogP contribution in [0.1, 0.15) is 34.7 Å². The predicted molar refractivity (Wildman–Crippen MR) is 81.4 cm³/mol. The molecule has 2 saturated heterocycles. The number of aryl methyl sites for hydroxylation is 2. The first kappa shape index (κ1) is 15.1. The van der Waals surface area contributed by atoms with E-state index in [1.807, 2.05) is 24.8 Å². The fourth-order valence-corrected chi connectivity index (χ4v) is 3.41. The van der Waals surface area contributed by atoms with Crippen LogP contribution in [-0.2, 0) is 4.79 Å². The normalized spacial score (nSPS) is 20.9. The van der Waals surface area contributed by atoms with Crippen LogP contribution in [0.25, 0.3) is 0 Å². The highest BCUT2D eigenvalue weighted by Gasteiger charge is 2.37. The van der Waals surface area contributed by atoms with Crippen LogP contribution in [0.3, 0.4) is 0 Å². The number of carbonyl (C=O) groups is 2. The van der Waals surface area contributed by atoms with Gasteiger partial charge in [0.05, 0.1) is 5.56 Å². The van der Waals surface area contributed by atoms with Crippen molar-refractivity contribution in [2.24, 2.45) is 11.7 Å². The molecule has 1 aromatic rings. The Bertz CT molecular complexity index is 581. The van der Waals surface area contributed by atoms with Gasteiger partial charge in [-0.3, -0.25) is 14.5 Å². The lowest BCUT2D eigenvalue weighted by molar-refractivity contribution is -0.123. The zero-order chi connectivity index (χ0) is 15.9. The van der Waals surface area contributed by atoms with Gasteiger partial charge in [-0.15, -0.1) is 0 Å². The minimum Gasteiger partial charge on any atom is -0.466 e. The van der Waals surface area contributed by atoms with Gasteiger partial charge in [0.2, 0.25) is 5.91 Å². The first-order chi connectivity index (χ1) is 10.5. The molecular weight excluding hydrogens is 282 g/mol. The second kappa shape index (κ2) is 5.76. The summed E-state index contributed by atoms with van der Waals surface area (Å²) in [5.41, 5.74) is 6.03. The Labute approximate surface area is 130 Å². The van der Waals surface area contributed by atoms with Crippen molar-refractivity contribution < 1.29 is 14.0 Å². The molecule has 6 heteroatoms. The molecule has 0 atom stereocenters. The summed E-state index contributed by atoms with van der Waals surface area (Å²) in [4.78, 5) is 27.8. The molecule has 0 aliphatic carbocycles. The molecule has 0 saturated carbocycles. The van der Waals surface area contributed by atoms with E-state index in [2.05, 4.69) is 4.90 Å². The van der Waals surface area contributed by atoms with Crippen LogP contribution in [0.4, 0.5) is 0 Å². The SMILES string of the molecule is Cc1cc(C(=O)N2CC(N3CCC(C(N)=O)CC3)C2)c(C)o1. The van der Waals surface area contributed by atoms with E-state index in [4.69, 9.17) is 10.2 Å². The van der Waals surface area contributed by atoms with Gasteiger partial charge >= 0.3 is 0 Å². The number of hydrogen-bond acceptors (Lipinski definition) is 4. The lowest BCUT2D eigenvalue weighted by Gasteiger charge is -2.47. The molecule has 2 N–H and O–H groups in total. The van der Waals surface area contributed by atoms with Crippen molar-refractivity contribution >= 4 is 11.8 Å². The molecule has 0 aromatic carbocycles. The van der Waals surface area contributed by atoms with Gasteiger partial charge in [-0.2, -0.15) is 0 Å². The number of nitrogens with two attached hydrogens (primary N) is 1. The minimum atomic E-state index is -0.184. The zero-order valence-corrected chi connectivity index (χ0v) is 13.2. The van der Waals surface area contributed by atoms with Gasteiger partial charge < -0.3 is 15.1 Å². The summed E-state index contributed by atoms with van der Waals surface area (Å²) in [6.45, 7) is 6.97. The van der Waals surface area contributed by atoms with Crippen molar-refractivity contribution in [3.63, 3.8) is 0 Å².